The second-order valence-electron chi connectivity index (χ2n) is 7.80. The highest BCUT2D eigenvalue weighted by Gasteiger charge is 2.14. The number of rotatable bonds is 6. The number of halogens is 2. The molecule has 4 aromatic rings. The van der Waals surface area contributed by atoms with Crippen molar-refractivity contribution in [1.29, 1.82) is 0 Å². The van der Waals surface area contributed by atoms with E-state index in [4.69, 9.17) is 32.4 Å². The molecule has 1 heterocycles. The van der Waals surface area contributed by atoms with Crippen molar-refractivity contribution >= 4 is 52.0 Å². The molecule has 0 bridgehead atoms. The van der Waals surface area contributed by atoms with Crippen LogP contribution in [0.1, 0.15) is 30.9 Å². The van der Waals surface area contributed by atoms with E-state index in [0.29, 0.717) is 44.4 Å². The van der Waals surface area contributed by atoms with Crippen LogP contribution in [0.15, 0.2) is 65.1 Å². The average molecular weight is 481 g/mol. The third-order valence-electron chi connectivity index (χ3n) is 5.16. The molecule has 4 rings (SSSR count). The van der Waals surface area contributed by atoms with Gasteiger partial charge in [-0.1, -0.05) is 49.2 Å². The van der Waals surface area contributed by atoms with Gasteiger partial charge in [0, 0.05) is 21.7 Å². The first-order chi connectivity index (χ1) is 15.8. The number of anilines is 1. The molecule has 0 aliphatic rings. The van der Waals surface area contributed by atoms with E-state index in [1.54, 1.807) is 43.5 Å². The predicted molar refractivity (Wildman–Crippen MR) is 134 cm³/mol. The Kier molecular flexibility index (Phi) is 6.72. The van der Waals surface area contributed by atoms with Crippen molar-refractivity contribution in [3.8, 4) is 17.2 Å². The fraction of sp³-hybridized carbons (Fsp3) is 0.154. The van der Waals surface area contributed by atoms with Gasteiger partial charge in [-0.25, -0.2) is 4.98 Å². The number of carbonyl (C=O) groups excluding carboxylic acids is 1. The summed E-state index contributed by atoms with van der Waals surface area (Å²) in [5, 5.41) is 3.83. The Morgan fingerprint density at radius 1 is 1.09 bits per heavy atom. The summed E-state index contributed by atoms with van der Waals surface area (Å²) < 4.78 is 11.4. The van der Waals surface area contributed by atoms with Gasteiger partial charge < -0.3 is 14.5 Å². The van der Waals surface area contributed by atoms with Crippen LogP contribution >= 0.6 is 23.2 Å². The standard InChI is InChI=1S/C26H22Cl2N2O3/c1-15(2)17-5-10-24-22(12-17)30-26(33-24)18-6-9-23(32-3)21(13-18)29-25(31)11-7-16-4-8-19(27)14-20(16)28/h4-15H,1-3H3,(H,29,31)/b11-7+. The van der Waals surface area contributed by atoms with Gasteiger partial charge in [-0.3, -0.25) is 4.79 Å². The Balaban J connectivity index is 1.59. The lowest BCUT2D eigenvalue weighted by Gasteiger charge is -2.10. The smallest absolute Gasteiger partial charge is 0.248 e. The zero-order valence-electron chi connectivity index (χ0n) is 18.4. The quantitative estimate of drug-likeness (QED) is 0.288. The van der Waals surface area contributed by atoms with Crippen molar-refractivity contribution in [3.05, 3.63) is 81.8 Å². The van der Waals surface area contributed by atoms with Crippen molar-refractivity contribution in [1.82, 2.24) is 4.98 Å². The molecule has 0 aliphatic heterocycles. The molecule has 0 aliphatic carbocycles. The largest absolute Gasteiger partial charge is 0.495 e. The van der Waals surface area contributed by atoms with Gasteiger partial charge in [-0.15, -0.1) is 0 Å². The minimum atomic E-state index is -0.337. The summed E-state index contributed by atoms with van der Waals surface area (Å²) in [6.45, 7) is 4.27. The van der Waals surface area contributed by atoms with E-state index in [0.717, 1.165) is 11.1 Å². The van der Waals surface area contributed by atoms with Gasteiger partial charge in [0.05, 0.1) is 12.8 Å². The Morgan fingerprint density at radius 3 is 2.64 bits per heavy atom. The average Bonchev–Trinajstić information content (AvgIpc) is 3.22. The molecule has 33 heavy (non-hydrogen) atoms. The first kappa shape index (κ1) is 22.9. The predicted octanol–water partition coefficient (Wildman–Crippen LogP) is 7.59. The minimum Gasteiger partial charge on any atom is -0.495 e. The highest BCUT2D eigenvalue weighted by atomic mass is 35.5. The number of nitrogens with one attached hydrogen (secondary N) is 1. The summed E-state index contributed by atoms with van der Waals surface area (Å²) in [5.41, 5.74) is 4.59. The first-order valence-corrected chi connectivity index (χ1v) is 11.1. The lowest BCUT2D eigenvalue weighted by Crippen LogP contribution is -2.09. The second kappa shape index (κ2) is 9.69. The van der Waals surface area contributed by atoms with Gasteiger partial charge in [-0.05, 0) is 65.6 Å². The molecule has 1 aromatic heterocycles. The van der Waals surface area contributed by atoms with E-state index in [1.165, 1.54) is 11.6 Å². The Bertz CT molecular complexity index is 1360. The van der Waals surface area contributed by atoms with Crippen molar-refractivity contribution in [2.75, 3.05) is 12.4 Å². The number of oxazole rings is 1. The molecule has 1 N–H and O–H groups in total. The van der Waals surface area contributed by atoms with Crippen molar-refractivity contribution in [2.45, 2.75) is 19.8 Å². The summed E-state index contributed by atoms with van der Waals surface area (Å²) in [5.74, 6) is 1.04. The third kappa shape index (κ3) is 5.21. The fourth-order valence-corrected chi connectivity index (χ4v) is 3.81. The second-order valence-corrected chi connectivity index (χ2v) is 8.65. The number of ether oxygens (including phenoxy) is 1. The summed E-state index contributed by atoms with van der Waals surface area (Å²) in [6, 6.07) is 16.5. The van der Waals surface area contributed by atoms with Gasteiger partial charge in [0.15, 0.2) is 5.58 Å². The molecule has 3 aromatic carbocycles. The molecule has 0 radical (unpaired) electrons. The monoisotopic (exact) mass is 480 g/mol. The number of hydrogen-bond acceptors (Lipinski definition) is 4. The van der Waals surface area contributed by atoms with Crippen molar-refractivity contribution in [2.24, 2.45) is 0 Å². The van der Waals surface area contributed by atoms with Crippen LogP contribution in [0.4, 0.5) is 5.69 Å². The molecule has 0 unspecified atom stereocenters. The molecule has 168 valence electrons. The minimum absolute atomic E-state index is 0.337. The number of benzene rings is 3. The molecule has 0 saturated carbocycles. The lowest BCUT2D eigenvalue weighted by atomic mass is 10.0. The lowest BCUT2D eigenvalue weighted by molar-refractivity contribution is -0.111. The highest BCUT2D eigenvalue weighted by molar-refractivity contribution is 6.35. The van der Waals surface area contributed by atoms with E-state index in [-0.39, 0.29) is 5.91 Å². The highest BCUT2D eigenvalue weighted by Crippen LogP contribution is 2.33. The van der Waals surface area contributed by atoms with Crippen LogP contribution in [0.5, 0.6) is 5.75 Å². The normalized spacial score (nSPS) is 11.5. The summed E-state index contributed by atoms with van der Waals surface area (Å²) in [6.07, 6.45) is 3.02. The van der Waals surface area contributed by atoms with E-state index >= 15 is 0 Å². The van der Waals surface area contributed by atoms with Crippen LogP contribution in [0, 0.1) is 0 Å². The number of methoxy groups -OCH3 is 1. The van der Waals surface area contributed by atoms with E-state index in [1.807, 2.05) is 24.3 Å². The Labute approximate surface area is 202 Å². The van der Waals surface area contributed by atoms with Crippen LogP contribution < -0.4 is 10.1 Å². The molecular formula is C26H22Cl2N2O3. The number of amides is 1. The number of fused-ring (bicyclic) bond motifs is 1. The van der Waals surface area contributed by atoms with E-state index in [9.17, 15) is 4.79 Å². The van der Waals surface area contributed by atoms with Crippen LogP contribution in [-0.4, -0.2) is 18.0 Å². The topological polar surface area (TPSA) is 64.4 Å². The number of carbonyl (C=O) groups is 1. The van der Waals surface area contributed by atoms with Gasteiger partial charge in [0.2, 0.25) is 11.8 Å². The summed E-state index contributed by atoms with van der Waals surface area (Å²) in [4.78, 5) is 17.2. The summed E-state index contributed by atoms with van der Waals surface area (Å²) in [7, 11) is 1.54. The van der Waals surface area contributed by atoms with Crippen LogP contribution in [0.2, 0.25) is 10.0 Å². The van der Waals surface area contributed by atoms with Crippen molar-refractivity contribution < 1.29 is 13.9 Å². The van der Waals surface area contributed by atoms with Gasteiger partial charge in [0.1, 0.15) is 11.3 Å². The van der Waals surface area contributed by atoms with Crippen molar-refractivity contribution in [3.63, 3.8) is 0 Å². The summed E-state index contributed by atoms with van der Waals surface area (Å²) >= 11 is 12.1. The first-order valence-electron chi connectivity index (χ1n) is 10.4. The molecule has 1 amide bonds. The van der Waals surface area contributed by atoms with Crippen LogP contribution in [0.25, 0.3) is 28.6 Å². The molecule has 0 saturated heterocycles. The zero-order valence-corrected chi connectivity index (χ0v) is 19.9. The van der Waals surface area contributed by atoms with E-state index in [2.05, 4.69) is 24.1 Å². The molecule has 0 atom stereocenters. The molecule has 5 nitrogen and oxygen atoms in total. The molecular weight excluding hydrogens is 459 g/mol. The van der Waals surface area contributed by atoms with Crippen LogP contribution in [-0.2, 0) is 4.79 Å². The zero-order chi connectivity index (χ0) is 23.5. The maximum atomic E-state index is 12.6. The fourth-order valence-electron chi connectivity index (χ4n) is 3.34. The molecule has 7 heteroatoms. The third-order valence-corrected chi connectivity index (χ3v) is 5.72. The van der Waals surface area contributed by atoms with Gasteiger partial charge in [-0.2, -0.15) is 0 Å². The molecule has 0 fully saturated rings. The molecule has 0 spiro atoms. The van der Waals surface area contributed by atoms with Gasteiger partial charge >= 0.3 is 0 Å². The van der Waals surface area contributed by atoms with Crippen LogP contribution in [0.3, 0.4) is 0 Å². The number of hydrogen-bond donors (Lipinski definition) is 1. The Hall–Kier alpha value is -3.28. The SMILES string of the molecule is COc1ccc(-c2nc3cc(C(C)C)ccc3o2)cc1NC(=O)/C=C/c1ccc(Cl)cc1Cl. The number of nitrogens with zero attached hydrogens (tertiary/aromatic N) is 1. The maximum absolute atomic E-state index is 12.6. The van der Waals surface area contributed by atoms with E-state index < -0.39 is 0 Å². The van der Waals surface area contributed by atoms with Gasteiger partial charge in [0.25, 0.3) is 0 Å². The number of aromatic nitrogens is 1. The maximum Gasteiger partial charge on any atom is 0.248 e. The Morgan fingerprint density at radius 2 is 1.91 bits per heavy atom.